The Morgan fingerprint density at radius 2 is 1.82 bits per heavy atom. The highest BCUT2D eigenvalue weighted by Crippen LogP contribution is 2.36. The van der Waals surface area contributed by atoms with E-state index < -0.39 is 22.4 Å². The summed E-state index contributed by atoms with van der Waals surface area (Å²) in [6, 6.07) is 14.4. The van der Waals surface area contributed by atoms with Gasteiger partial charge in [0, 0.05) is 24.7 Å². The molecule has 33 heavy (non-hydrogen) atoms. The third-order valence-corrected chi connectivity index (χ3v) is 6.54. The summed E-state index contributed by atoms with van der Waals surface area (Å²) in [5.41, 5.74) is -0.129. The van der Waals surface area contributed by atoms with E-state index >= 15 is 0 Å². The van der Waals surface area contributed by atoms with E-state index in [0.29, 0.717) is 18.0 Å². The maximum Gasteiger partial charge on any atom is 0.325 e. The van der Waals surface area contributed by atoms with Crippen LogP contribution in [0.5, 0.6) is 0 Å². The number of benzene rings is 2. The minimum atomic E-state index is -1.40. The molecule has 4 rings (SSSR count). The molecule has 0 bridgehead atoms. The Morgan fingerprint density at radius 1 is 1.18 bits per heavy atom. The highest BCUT2D eigenvalue weighted by molar-refractivity contribution is 6.09. The maximum absolute atomic E-state index is 13.3. The van der Waals surface area contributed by atoms with Gasteiger partial charge in [-0.2, -0.15) is 0 Å². The Kier molecular flexibility index (Phi) is 5.88. The molecule has 1 N–H and O–H groups in total. The van der Waals surface area contributed by atoms with Gasteiger partial charge in [-0.25, -0.2) is 4.79 Å². The summed E-state index contributed by atoms with van der Waals surface area (Å²) < 4.78 is 0. The number of nitro groups is 1. The van der Waals surface area contributed by atoms with E-state index in [-0.39, 0.29) is 24.2 Å². The second kappa shape index (κ2) is 8.65. The summed E-state index contributed by atoms with van der Waals surface area (Å²) >= 11 is 0. The lowest BCUT2D eigenvalue weighted by Crippen LogP contribution is -2.47. The monoisotopic (exact) mass is 450 g/mol. The SMILES string of the molecule is CC(C1CC1)N(Cc1ccccc1)C(=O)CN1C(=O)NC(C)(c2ccc([N+](=O)[O-])cc2)C1=O. The van der Waals surface area contributed by atoms with Crippen molar-refractivity contribution < 1.29 is 19.3 Å². The zero-order valence-corrected chi connectivity index (χ0v) is 18.6. The number of amides is 4. The van der Waals surface area contributed by atoms with Crippen LogP contribution >= 0.6 is 0 Å². The van der Waals surface area contributed by atoms with Crippen LogP contribution in [0.2, 0.25) is 0 Å². The minimum absolute atomic E-state index is 0.000436. The summed E-state index contributed by atoms with van der Waals surface area (Å²) in [6.45, 7) is 3.58. The average molecular weight is 450 g/mol. The molecular weight excluding hydrogens is 424 g/mol. The molecule has 0 radical (unpaired) electrons. The van der Waals surface area contributed by atoms with Crippen molar-refractivity contribution in [2.24, 2.45) is 5.92 Å². The molecule has 4 amide bonds. The second-order valence-corrected chi connectivity index (χ2v) is 8.84. The molecule has 172 valence electrons. The Hall–Kier alpha value is -3.75. The number of nitrogens with one attached hydrogen (secondary N) is 1. The van der Waals surface area contributed by atoms with Gasteiger partial charge in [-0.05, 0) is 55.9 Å². The summed E-state index contributed by atoms with van der Waals surface area (Å²) in [5.74, 6) is -0.436. The maximum atomic E-state index is 13.3. The Morgan fingerprint density at radius 3 is 2.39 bits per heavy atom. The normalized spacial score (nSPS) is 21.0. The molecule has 1 aliphatic heterocycles. The van der Waals surface area contributed by atoms with E-state index in [1.165, 1.54) is 31.2 Å². The number of hydrogen-bond acceptors (Lipinski definition) is 5. The van der Waals surface area contributed by atoms with E-state index in [2.05, 4.69) is 5.32 Å². The number of urea groups is 1. The molecule has 0 aromatic heterocycles. The standard InChI is InChI=1S/C24H26N4O5/c1-16(18-8-9-18)26(14-17-6-4-3-5-7-17)21(29)15-27-22(30)24(2,25-23(27)31)19-10-12-20(13-11-19)28(32)33/h3-7,10-13,16,18H,8-9,14-15H2,1-2H3,(H,25,31). The van der Waals surface area contributed by atoms with Crippen LogP contribution in [0.3, 0.4) is 0 Å². The van der Waals surface area contributed by atoms with Crippen LogP contribution < -0.4 is 5.32 Å². The zero-order valence-electron chi connectivity index (χ0n) is 18.6. The predicted octanol–water partition coefficient (Wildman–Crippen LogP) is 3.19. The van der Waals surface area contributed by atoms with Gasteiger partial charge in [0.15, 0.2) is 0 Å². The number of imide groups is 1. The van der Waals surface area contributed by atoms with Crippen LogP contribution in [0.4, 0.5) is 10.5 Å². The fourth-order valence-corrected chi connectivity index (χ4v) is 4.25. The van der Waals surface area contributed by atoms with Gasteiger partial charge in [0.1, 0.15) is 12.1 Å². The highest BCUT2D eigenvalue weighted by Gasteiger charge is 2.50. The third kappa shape index (κ3) is 4.44. The molecule has 2 fully saturated rings. The molecule has 2 atom stereocenters. The van der Waals surface area contributed by atoms with Crippen molar-refractivity contribution >= 4 is 23.5 Å². The Bertz CT molecular complexity index is 1080. The first kappa shape index (κ1) is 22.4. The first-order valence-corrected chi connectivity index (χ1v) is 10.9. The lowest BCUT2D eigenvalue weighted by atomic mass is 9.92. The quantitative estimate of drug-likeness (QED) is 0.377. The van der Waals surface area contributed by atoms with Gasteiger partial charge in [-0.1, -0.05) is 30.3 Å². The highest BCUT2D eigenvalue weighted by atomic mass is 16.6. The minimum Gasteiger partial charge on any atom is -0.334 e. The van der Waals surface area contributed by atoms with Crippen LogP contribution in [0.25, 0.3) is 0 Å². The number of nitro benzene ring substituents is 1. The average Bonchev–Trinajstić information content (AvgIpc) is 3.63. The van der Waals surface area contributed by atoms with Crippen molar-refractivity contribution in [2.75, 3.05) is 6.54 Å². The summed E-state index contributed by atoms with van der Waals surface area (Å²) in [5, 5.41) is 13.6. The Balaban J connectivity index is 1.53. The smallest absolute Gasteiger partial charge is 0.325 e. The van der Waals surface area contributed by atoms with E-state index in [4.69, 9.17) is 0 Å². The molecule has 0 spiro atoms. The van der Waals surface area contributed by atoms with Crippen LogP contribution in [0.15, 0.2) is 54.6 Å². The van der Waals surface area contributed by atoms with E-state index in [0.717, 1.165) is 23.3 Å². The van der Waals surface area contributed by atoms with Crippen molar-refractivity contribution in [3.8, 4) is 0 Å². The molecule has 9 heteroatoms. The molecule has 2 aromatic rings. The van der Waals surface area contributed by atoms with Crippen molar-refractivity contribution in [1.82, 2.24) is 15.1 Å². The summed E-state index contributed by atoms with van der Waals surface area (Å²) in [6.07, 6.45) is 2.11. The van der Waals surface area contributed by atoms with E-state index in [9.17, 15) is 24.5 Å². The largest absolute Gasteiger partial charge is 0.334 e. The van der Waals surface area contributed by atoms with Gasteiger partial charge in [-0.15, -0.1) is 0 Å². The lowest BCUT2D eigenvalue weighted by molar-refractivity contribution is -0.384. The molecule has 1 saturated carbocycles. The molecule has 9 nitrogen and oxygen atoms in total. The second-order valence-electron chi connectivity index (χ2n) is 8.84. The van der Waals surface area contributed by atoms with Crippen LogP contribution in [0, 0.1) is 16.0 Å². The Labute approximate surface area is 191 Å². The zero-order chi connectivity index (χ0) is 23.8. The lowest BCUT2D eigenvalue weighted by Gasteiger charge is -2.31. The van der Waals surface area contributed by atoms with Crippen LogP contribution in [-0.2, 0) is 21.7 Å². The van der Waals surface area contributed by atoms with Crippen molar-refractivity contribution in [3.63, 3.8) is 0 Å². The fourth-order valence-electron chi connectivity index (χ4n) is 4.25. The van der Waals surface area contributed by atoms with E-state index in [1.54, 1.807) is 4.90 Å². The third-order valence-electron chi connectivity index (χ3n) is 6.54. The number of nitrogens with zero attached hydrogens (tertiary/aromatic N) is 3. The van der Waals surface area contributed by atoms with Crippen molar-refractivity contribution in [2.45, 2.75) is 44.8 Å². The first-order valence-electron chi connectivity index (χ1n) is 10.9. The van der Waals surface area contributed by atoms with Crippen molar-refractivity contribution in [3.05, 3.63) is 75.8 Å². The molecule has 1 aliphatic carbocycles. The number of hydrogen-bond donors (Lipinski definition) is 1. The topological polar surface area (TPSA) is 113 Å². The van der Waals surface area contributed by atoms with Gasteiger partial charge < -0.3 is 10.2 Å². The van der Waals surface area contributed by atoms with Gasteiger partial charge in [0.2, 0.25) is 5.91 Å². The number of carbonyl (C=O) groups is 3. The van der Waals surface area contributed by atoms with Crippen LogP contribution in [-0.4, -0.2) is 45.2 Å². The van der Waals surface area contributed by atoms with Crippen LogP contribution in [0.1, 0.15) is 37.8 Å². The first-order chi connectivity index (χ1) is 15.7. The van der Waals surface area contributed by atoms with Crippen molar-refractivity contribution in [1.29, 1.82) is 0 Å². The molecule has 2 aliphatic rings. The molecule has 1 saturated heterocycles. The molecular formula is C24H26N4O5. The number of carbonyl (C=O) groups excluding carboxylic acids is 3. The fraction of sp³-hybridized carbons (Fsp3) is 0.375. The number of rotatable bonds is 8. The summed E-state index contributed by atoms with van der Waals surface area (Å²) in [7, 11) is 0. The molecule has 1 heterocycles. The van der Waals surface area contributed by atoms with E-state index in [1.807, 2.05) is 37.3 Å². The molecule has 2 unspecified atom stereocenters. The van der Waals surface area contributed by atoms with Gasteiger partial charge >= 0.3 is 6.03 Å². The van der Waals surface area contributed by atoms with Gasteiger partial charge in [0.25, 0.3) is 11.6 Å². The number of non-ortho nitro benzene ring substituents is 1. The summed E-state index contributed by atoms with van der Waals surface area (Å²) in [4.78, 5) is 52.3. The van der Waals surface area contributed by atoms with Gasteiger partial charge in [-0.3, -0.25) is 24.6 Å². The van der Waals surface area contributed by atoms with Gasteiger partial charge in [0.05, 0.1) is 4.92 Å². The molecule has 2 aromatic carbocycles. The predicted molar refractivity (Wildman–Crippen MR) is 120 cm³/mol.